The maximum absolute atomic E-state index is 12.9. The van der Waals surface area contributed by atoms with E-state index >= 15 is 0 Å². The smallest absolute Gasteiger partial charge is 0.329 e. The number of hydrogen-bond acceptors (Lipinski definition) is 5. The lowest BCUT2D eigenvalue weighted by atomic mass is 9.97. The average molecular weight is 376 g/mol. The number of carbonyl (C=O) groups is 3. The molecule has 0 N–H and O–H groups in total. The van der Waals surface area contributed by atoms with Crippen LogP contribution in [-0.2, 0) is 16.1 Å². The van der Waals surface area contributed by atoms with Gasteiger partial charge in [0.2, 0.25) is 0 Å². The lowest BCUT2D eigenvalue weighted by Crippen LogP contribution is -2.49. The Morgan fingerprint density at radius 3 is 2.32 bits per heavy atom. The normalized spacial score (nSPS) is 15.0. The Balaban J connectivity index is 1.83. The Labute approximate surface area is 163 Å². The molecule has 2 atom stereocenters. The van der Waals surface area contributed by atoms with Gasteiger partial charge in [-0.25, -0.2) is 4.79 Å². The van der Waals surface area contributed by atoms with E-state index in [2.05, 4.69) is 0 Å². The molecule has 1 aliphatic heterocycles. The van der Waals surface area contributed by atoms with Gasteiger partial charge in [0, 0.05) is 0 Å². The van der Waals surface area contributed by atoms with Gasteiger partial charge in [0.05, 0.1) is 22.8 Å². The van der Waals surface area contributed by atoms with Crippen LogP contribution in [0.4, 0.5) is 0 Å². The predicted octanol–water partition coefficient (Wildman–Crippen LogP) is 3.31. The van der Waals surface area contributed by atoms with Crippen molar-refractivity contribution in [1.29, 1.82) is 5.26 Å². The molecule has 0 unspecified atom stereocenters. The molecule has 0 aliphatic carbocycles. The monoisotopic (exact) mass is 376 g/mol. The van der Waals surface area contributed by atoms with Gasteiger partial charge < -0.3 is 4.74 Å². The number of carbonyl (C=O) groups excluding carboxylic acids is 3. The molecule has 1 aliphatic rings. The molecule has 6 heteroatoms. The highest BCUT2D eigenvalue weighted by Gasteiger charge is 2.45. The van der Waals surface area contributed by atoms with Crippen LogP contribution in [-0.4, -0.2) is 28.7 Å². The minimum Gasteiger partial charge on any atom is -0.459 e. The summed E-state index contributed by atoms with van der Waals surface area (Å²) in [5.74, 6) is -1.85. The number of rotatable bonds is 6. The van der Waals surface area contributed by atoms with Gasteiger partial charge in [-0.05, 0) is 35.7 Å². The van der Waals surface area contributed by atoms with Crippen LogP contribution in [0.1, 0.15) is 52.1 Å². The number of imide groups is 1. The van der Waals surface area contributed by atoms with Gasteiger partial charge in [0.15, 0.2) is 0 Å². The molecular weight excluding hydrogens is 356 g/mol. The van der Waals surface area contributed by atoms with Gasteiger partial charge in [0.1, 0.15) is 12.6 Å². The first kappa shape index (κ1) is 19.3. The molecular formula is C22H20N2O4. The Morgan fingerprint density at radius 2 is 1.75 bits per heavy atom. The van der Waals surface area contributed by atoms with Crippen LogP contribution in [0.5, 0.6) is 0 Å². The molecule has 2 amide bonds. The first-order valence-corrected chi connectivity index (χ1v) is 9.10. The highest BCUT2D eigenvalue weighted by molar-refractivity contribution is 6.22. The molecule has 2 aromatic carbocycles. The Bertz CT molecular complexity index is 941. The minimum absolute atomic E-state index is 0.0372. The van der Waals surface area contributed by atoms with E-state index in [4.69, 9.17) is 10.00 Å². The van der Waals surface area contributed by atoms with Gasteiger partial charge in [-0.1, -0.05) is 44.5 Å². The Hall–Kier alpha value is -3.46. The summed E-state index contributed by atoms with van der Waals surface area (Å²) in [6.07, 6.45) is 0.594. The van der Waals surface area contributed by atoms with Crippen LogP contribution in [0.15, 0.2) is 48.5 Å². The van der Waals surface area contributed by atoms with E-state index in [0.29, 0.717) is 28.7 Å². The first-order chi connectivity index (χ1) is 13.5. The van der Waals surface area contributed by atoms with Gasteiger partial charge in [0.25, 0.3) is 11.8 Å². The van der Waals surface area contributed by atoms with E-state index in [1.807, 2.05) is 19.9 Å². The average Bonchev–Trinajstić information content (AvgIpc) is 2.98. The van der Waals surface area contributed by atoms with Crippen LogP contribution < -0.4 is 0 Å². The van der Waals surface area contributed by atoms with Crippen LogP contribution >= 0.6 is 0 Å². The SMILES string of the molecule is CC[C@@H](C)[C@@H](C(=O)OCc1cccc(C#N)c1)N1C(=O)c2ccccc2C1=O. The van der Waals surface area contributed by atoms with E-state index in [-0.39, 0.29) is 12.5 Å². The summed E-state index contributed by atoms with van der Waals surface area (Å²) in [6.45, 7) is 3.66. The molecule has 6 nitrogen and oxygen atoms in total. The first-order valence-electron chi connectivity index (χ1n) is 9.10. The third-order valence-electron chi connectivity index (χ3n) is 4.97. The molecule has 0 saturated heterocycles. The zero-order valence-corrected chi connectivity index (χ0v) is 15.7. The fourth-order valence-electron chi connectivity index (χ4n) is 3.25. The highest BCUT2D eigenvalue weighted by Crippen LogP contribution is 2.28. The van der Waals surface area contributed by atoms with Crippen LogP contribution in [0.2, 0.25) is 0 Å². The van der Waals surface area contributed by atoms with Gasteiger partial charge in [-0.2, -0.15) is 5.26 Å². The second-order valence-electron chi connectivity index (χ2n) is 6.78. The van der Waals surface area contributed by atoms with Crippen molar-refractivity contribution < 1.29 is 19.1 Å². The molecule has 0 bridgehead atoms. The number of fused-ring (bicyclic) bond motifs is 1. The molecule has 0 fully saturated rings. The molecule has 3 rings (SSSR count). The third-order valence-corrected chi connectivity index (χ3v) is 4.97. The van der Waals surface area contributed by atoms with Crippen molar-refractivity contribution in [2.75, 3.05) is 0 Å². The second-order valence-corrected chi connectivity index (χ2v) is 6.78. The fourth-order valence-corrected chi connectivity index (χ4v) is 3.25. The van der Waals surface area contributed by atoms with Crippen LogP contribution in [0, 0.1) is 17.2 Å². The maximum atomic E-state index is 12.9. The molecule has 1 heterocycles. The largest absolute Gasteiger partial charge is 0.459 e. The lowest BCUT2D eigenvalue weighted by molar-refractivity contribution is -0.151. The summed E-state index contributed by atoms with van der Waals surface area (Å²) in [4.78, 5) is 39.5. The molecule has 28 heavy (non-hydrogen) atoms. The van der Waals surface area contributed by atoms with E-state index in [1.54, 1.807) is 48.5 Å². The van der Waals surface area contributed by atoms with Crippen molar-refractivity contribution in [3.63, 3.8) is 0 Å². The van der Waals surface area contributed by atoms with Crippen LogP contribution in [0.3, 0.4) is 0 Å². The molecule has 142 valence electrons. The van der Waals surface area contributed by atoms with E-state index in [1.165, 1.54) is 0 Å². The van der Waals surface area contributed by atoms with E-state index < -0.39 is 23.8 Å². The number of esters is 1. The minimum atomic E-state index is -1.00. The second kappa shape index (κ2) is 8.05. The maximum Gasteiger partial charge on any atom is 0.329 e. The number of ether oxygens (including phenoxy) is 1. The Kier molecular flexibility index (Phi) is 5.55. The molecule has 2 aromatic rings. The number of amides is 2. The van der Waals surface area contributed by atoms with Gasteiger partial charge in [-0.15, -0.1) is 0 Å². The fraction of sp³-hybridized carbons (Fsp3) is 0.273. The predicted molar refractivity (Wildman–Crippen MR) is 101 cm³/mol. The summed E-state index contributed by atoms with van der Waals surface area (Å²) in [5.41, 5.74) is 1.73. The van der Waals surface area contributed by atoms with Gasteiger partial charge >= 0.3 is 5.97 Å². The van der Waals surface area contributed by atoms with E-state index in [0.717, 1.165) is 4.90 Å². The highest BCUT2D eigenvalue weighted by atomic mass is 16.5. The van der Waals surface area contributed by atoms with Crippen molar-refractivity contribution in [2.24, 2.45) is 5.92 Å². The van der Waals surface area contributed by atoms with Crippen molar-refractivity contribution in [3.05, 3.63) is 70.8 Å². The van der Waals surface area contributed by atoms with Crippen molar-refractivity contribution in [2.45, 2.75) is 32.9 Å². The number of hydrogen-bond donors (Lipinski definition) is 0. The number of nitrogens with zero attached hydrogens (tertiary/aromatic N) is 2. The summed E-state index contributed by atoms with van der Waals surface area (Å²) in [7, 11) is 0. The lowest BCUT2D eigenvalue weighted by Gasteiger charge is -2.29. The molecule has 0 saturated carbocycles. The van der Waals surface area contributed by atoms with Crippen molar-refractivity contribution >= 4 is 17.8 Å². The zero-order chi connectivity index (χ0) is 20.3. The standard InChI is InChI=1S/C22H20N2O4/c1-3-14(2)19(22(27)28-13-16-8-6-7-15(11-16)12-23)24-20(25)17-9-4-5-10-18(17)21(24)26/h4-11,14,19H,3,13H2,1-2H3/t14-,19+/m1/s1. The number of nitriles is 1. The summed E-state index contributed by atoms with van der Waals surface area (Å²) < 4.78 is 5.43. The number of benzene rings is 2. The third kappa shape index (κ3) is 3.52. The quantitative estimate of drug-likeness (QED) is 0.570. The van der Waals surface area contributed by atoms with Gasteiger partial charge in [-0.3, -0.25) is 14.5 Å². The topological polar surface area (TPSA) is 87.5 Å². The zero-order valence-electron chi connectivity index (χ0n) is 15.7. The summed E-state index contributed by atoms with van der Waals surface area (Å²) in [5, 5.41) is 8.98. The van der Waals surface area contributed by atoms with E-state index in [9.17, 15) is 14.4 Å². The van der Waals surface area contributed by atoms with Crippen molar-refractivity contribution in [3.8, 4) is 6.07 Å². The summed E-state index contributed by atoms with van der Waals surface area (Å²) >= 11 is 0. The van der Waals surface area contributed by atoms with Crippen LogP contribution in [0.25, 0.3) is 0 Å². The summed E-state index contributed by atoms with van der Waals surface area (Å²) in [6, 6.07) is 14.3. The Morgan fingerprint density at radius 1 is 1.11 bits per heavy atom. The molecule has 0 aromatic heterocycles. The molecule has 0 radical (unpaired) electrons. The molecule has 0 spiro atoms. The van der Waals surface area contributed by atoms with Crippen molar-refractivity contribution in [1.82, 2.24) is 4.90 Å².